The molecule has 29 heavy (non-hydrogen) atoms. The average Bonchev–Trinajstić information content (AvgIpc) is 2.75. The number of anilines is 2. The smallest absolute Gasteiger partial charge is 0.227 e. The van der Waals surface area contributed by atoms with Gasteiger partial charge in [0.15, 0.2) is 5.78 Å². The van der Waals surface area contributed by atoms with Crippen LogP contribution in [0.25, 0.3) is 0 Å². The molecule has 1 aliphatic heterocycles. The summed E-state index contributed by atoms with van der Waals surface area (Å²) >= 11 is 0. The highest BCUT2D eigenvalue weighted by atomic mass is 19.1. The molecule has 0 unspecified atom stereocenters. The first kappa shape index (κ1) is 21.0. The van der Waals surface area contributed by atoms with Crippen molar-refractivity contribution < 1.29 is 14.0 Å². The zero-order chi connectivity index (χ0) is 20.8. The third kappa shape index (κ3) is 5.03. The van der Waals surface area contributed by atoms with E-state index in [-0.39, 0.29) is 29.3 Å². The maximum Gasteiger partial charge on any atom is 0.227 e. The highest BCUT2D eigenvalue weighted by Gasteiger charge is 2.27. The summed E-state index contributed by atoms with van der Waals surface area (Å²) in [5.41, 5.74) is 1.75. The molecule has 0 saturated carbocycles. The Kier molecular flexibility index (Phi) is 7.02. The molecule has 2 aromatic carbocycles. The molecule has 0 aromatic heterocycles. The minimum Gasteiger partial charge on any atom is -0.369 e. The van der Waals surface area contributed by atoms with Crippen molar-refractivity contribution in [3.05, 3.63) is 59.9 Å². The summed E-state index contributed by atoms with van der Waals surface area (Å²) in [6, 6.07) is 14.2. The van der Waals surface area contributed by atoms with E-state index in [9.17, 15) is 14.0 Å². The van der Waals surface area contributed by atoms with Gasteiger partial charge in [-0.2, -0.15) is 0 Å². The number of carbonyl (C=O) groups excluding carboxylic acids is 2. The predicted molar refractivity (Wildman–Crippen MR) is 115 cm³/mol. The number of halogens is 1. The molecule has 1 N–H and O–H groups in total. The van der Waals surface area contributed by atoms with Crippen molar-refractivity contribution in [3.63, 3.8) is 0 Å². The first-order valence-corrected chi connectivity index (χ1v) is 10.5. The molecule has 154 valence electrons. The highest BCUT2D eigenvalue weighted by Crippen LogP contribution is 2.29. The Balaban J connectivity index is 1.61. The van der Waals surface area contributed by atoms with E-state index in [4.69, 9.17) is 0 Å². The number of benzene rings is 2. The van der Waals surface area contributed by atoms with E-state index in [1.165, 1.54) is 6.07 Å². The second-order valence-corrected chi connectivity index (χ2v) is 7.66. The number of rotatable bonds is 7. The Bertz CT molecular complexity index is 841. The van der Waals surface area contributed by atoms with Gasteiger partial charge in [0.05, 0.1) is 5.69 Å². The van der Waals surface area contributed by atoms with Crippen LogP contribution in [0.2, 0.25) is 0 Å². The molecule has 1 fully saturated rings. The van der Waals surface area contributed by atoms with Gasteiger partial charge in [0, 0.05) is 36.2 Å². The second-order valence-electron chi connectivity index (χ2n) is 7.66. The molecule has 2 aromatic rings. The van der Waals surface area contributed by atoms with Crippen molar-refractivity contribution in [1.82, 2.24) is 0 Å². The minimum atomic E-state index is -0.347. The van der Waals surface area contributed by atoms with Crippen LogP contribution in [0.3, 0.4) is 0 Å². The summed E-state index contributed by atoms with van der Waals surface area (Å²) in [6.45, 7) is 5.23. The van der Waals surface area contributed by atoms with Gasteiger partial charge in [-0.15, -0.1) is 0 Å². The Hall–Kier alpha value is -2.69. The van der Waals surface area contributed by atoms with Gasteiger partial charge in [-0.25, -0.2) is 4.39 Å². The summed E-state index contributed by atoms with van der Waals surface area (Å²) in [5, 5.41) is 2.81. The number of hydrogen-bond donors (Lipinski definition) is 1. The van der Waals surface area contributed by atoms with Crippen LogP contribution in [-0.2, 0) is 4.79 Å². The number of nitrogens with one attached hydrogen (secondary N) is 1. The molecule has 1 amide bonds. The molecular weight excluding hydrogens is 367 g/mol. The fraction of sp³-hybridized carbons (Fsp3) is 0.417. The van der Waals surface area contributed by atoms with Crippen LogP contribution in [0.5, 0.6) is 0 Å². The summed E-state index contributed by atoms with van der Waals surface area (Å²) in [5.74, 6) is -0.318. The number of nitrogens with zero attached hydrogens (tertiary/aromatic N) is 1. The fourth-order valence-corrected chi connectivity index (χ4v) is 3.97. The number of piperidine rings is 1. The fourth-order valence-electron chi connectivity index (χ4n) is 3.97. The topological polar surface area (TPSA) is 49.4 Å². The Morgan fingerprint density at radius 3 is 2.31 bits per heavy atom. The molecule has 0 radical (unpaired) electrons. The normalized spacial score (nSPS) is 14.8. The lowest BCUT2D eigenvalue weighted by Gasteiger charge is -2.33. The maximum absolute atomic E-state index is 14.7. The number of Topliss-reactive ketones (excluding diaryl/α,β-unsaturated/α-hetero) is 1. The molecule has 1 heterocycles. The molecule has 4 nitrogen and oxygen atoms in total. The standard InChI is InChI=1S/C24H29FN2O2/c1-3-17(4-2)24(29)26-20-10-11-22(21(25)16-20)27-14-12-19(13-15-27)23(28)18-8-6-5-7-9-18/h5-11,16-17,19H,3-4,12-15H2,1-2H3,(H,26,29). The third-order valence-corrected chi connectivity index (χ3v) is 5.84. The predicted octanol–water partition coefficient (Wildman–Crippen LogP) is 5.30. The molecule has 1 saturated heterocycles. The monoisotopic (exact) mass is 396 g/mol. The van der Waals surface area contributed by atoms with Gasteiger partial charge < -0.3 is 10.2 Å². The van der Waals surface area contributed by atoms with Crippen LogP contribution in [0.4, 0.5) is 15.8 Å². The van der Waals surface area contributed by atoms with Gasteiger partial charge in [0.25, 0.3) is 0 Å². The number of amides is 1. The first-order valence-electron chi connectivity index (χ1n) is 10.5. The van der Waals surface area contributed by atoms with Crippen molar-refractivity contribution in [2.45, 2.75) is 39.5 Å². The zero-order valence-electron chi connectivity index (χ0n) is 17.2. The molecule has 0 bridgehead atoms. The van der Waals surface area contributed by atoms with Crippen molar-refractivity contribution in [2.75, 3.05) is 23.3 Å². The number of hydrogen-bond acceptors (Lipinski definition) is 3. The summed E-state index contributed by atoms with van der Waals surface area (Å²) < 4.78 is 14.7. The first-order chi connectivity index (χ1) is 14.0. The van der Waals surface area contributed by atoms with Crippen LogP contribution in [-0.4, -0.2) is 24.8 Å². The summed E-state index contributed by atoms with van der Waals surface area (Å²) in [6.07, 6.45) is 2.94. The van der Waals surface area contributed by atoms with Gasteiger partial charge in [-0.1, -0.05) is 44.2 Å². The van der Waals surface area contributed by atoms with Crippen LogP contribution in [0.1, 0.15) is 49.9 Å². The van der Waals surface area contributed by atoms with Gasteiger partial charge in [0.1, 0.15) is 5.82 Å². The van der Waals surface area contributed by atoms with E-state index >= 15 is 0 Å². The summed E-state index contributed by atoms with van der Waals surface area (Å²) in [7, 11) is 0. The van der Waals surface area contributed by atoms with E-state index in [1.54, 1.807) is 12.1 Å². The van der Waals surface area contributed by atoms with Crippen molar-refractivity contribution in [1.29, 1.82) is 0 Å². The van der Waals surface area contributed by atoms with Gasteiger partial charge in [-0.05, 0) is 43.9 Å². The van der Waals surface area contributed by atoms with E-state index < -0.39 is 0 Å². The average molecular weight is 397 g/mol. The molecule has 0 aliphatic carbocycles. The van der Waals surface area contributed by atoms with Crippen LogP contribution in [0, 0.1) is 17.7 Å². The number of ketones is 1. The van der Waals surface area contributed by atoms with Crippen molar-refractivity contribution in [3.8, 4) is 0 Å². The summed E-state index contributed by atoms with van der Waals surface area (Å²) in [4.78, 5) is 26.8. The maximum atomic E-state index is 14.7. The lowest BCUT2D eigenvalue weighted by molar-refractivity contribution is -0.120. The zero-order valence-corrected chi connectivity index (χ0v) is 17.2. The molecule has 5 heteroatoms. The lowest BCUT2D eigenvalue weighted by atomic mass is 9.88. The van der Waals surface area contributed by atoms with Crippen LogP contribution >= 0.6 is 0 Å². The Morgan fingerprint density at radius 2 is 1.72 bits per heavy atom. The molecule has 0 spiro atoms. The van der Waals surface area contributed by atoms with Crippen LogP contribution < -0.4 is 10.2 Å². The van der Waals surface area contributed by atoms with Crippen LogP contribution in [0.15, 0.2) is 48.5 Å². The largest absolute Gasteiger partial charge is 0.369 e. The van der Waals surface area contributed by atoms with Crippen molar-refractivity contribution in [2.24, 2.45) is 11.8 Å². The molecular formula is C24H29FN2O2. The molecule has 3 rings (SSSR count). The lowest BCUT2D eigenvalue weighted by Crippen LogP contribution is -2.36. The van der Waals surface area contributed by atoms with E-state index in [1.807, 2.05) is 49.1 Å². The van der Waals surface area contributed by atoms with E-state index in [0.717, 1.165) is 18.4 Å². The highest BCUT2D eigenvalue weighted by molar-refractivity contribution is 5.98. The van der Waals surface area contributed by atoms with Crippen molar-refractivity contribution >= 4 is 23.1 Å². The minimum absolute atomic E-state index is 0.0182. The van der Waals surface area contributed by atoms with Gasteiger partial charge in [-0.3, -0.25) is 9.59 Å². The molecule has 1 aliphatic rings. The number of carbonyl (C=O) groups is 2. The third-order valence-electron chi connectivity index (χ3n) is 5.84. The SMILES string of the molecule is CCC(CC)C(=O)Nc1ccc(N2CCC(C(=O)c3ccccc3)CC2)c(F)c1. The van der Waals surface area contributed by atoms with E-state index in [0.29, 0.717) is 37.3 Å². The molecule has 0 atom stereocenters. The van der Waals surface area contributed by atoms with Gasteiger partial charge in [0.2, 0.25) is 5.91 Å². The second kappa shape index (κ2) is 9.68. The Morgan fingerprint density at radius 1 is 1.07 bits per heavy atom. The van der Waals surface area contributed by atoms with Gasteiger partial charge >= 0.3 is 0 Å². The Labute approximate surface area is 172 Å². The van der Waals surface area contributed by atoms with E-state index in [2.05, 4.69) is 5.32 Å². The quantitative estimate of drug-likeness (QED) is 0.646.